The van der Waals surface area contributed by atoms with Gasteiger partial charge in [0, 0.05) is 19.2 Å². The van der Waals surface area contributed by atoms with E-state index in [-0.39, 0.29) is 17.9 Å². The molecule has 0 radical (unpaired) electrons. The van der Waals surface area contributed by atoms with E-state index in [9.17, 15) is 9.59 Å². The van der Waals surface area contributed by atoms with Crippen LogP contribution in [-0.2, 0) is 9.59 Å². The number of ether oxygens (including phenoxy) is 1. The van der Waals surface area contributed by atoms with Crippen molar-refractivity contribution in [3.8, 4) is 5.75 Å². The van der Waals surface area contributed by atoms with Gasteiger partial charge < -0.3 is 14.5 Å². The van der Waals surface area contributed by atoms with Crippen molar-refractivity contribution in [1.29, 1.82) is 0 Å². The molecule has 6 heteroatoms. The molecule has 2 amide bonds. The van der Waals surface area contributed by atoms with Gasteiger partial charge in [-0.15, -0.1) is 0 Å². The summed E-state index contributed by atoms with van der Waals surface area (Å²) in [6.45, 7) is 2.27. The average Bonchev–Trinajstić information content (AvgIpc) is 2.96. The first-order valence-electron chi connectivity index (χ1n) is 7.17. The third-order valence-electron chi connectivity index (χ3n) is 4.21. The van der Waals surface area contributed by atoms with E-state index in [1.54, 1.807) is 29.0 Å². The largest absolute Gasteiger partial charge is 0.458 e. The van der Waals surface area contributed by atoms with Gasteiger partial charge in [-0.25, -0.2) is 0 Å². The van der Waals surface area contributed by atoms with Crippen molar-refractivity contribution in [1.82, 2.24) is 9.80 Å². The minimum Gasteiger partial charge on any atom is -0.458 e. The van der Waals surface area contributed by atoms with Crippen molar-refractivity contribution < 1.29 is 14.3 Å². The molecule has 0 aromatic heterocycles. The quantitative estimate of drug-likeness (QED) is 0.856. The van der Waals surface area contributed by atoms with Crippen molar-refractivity contribution in [2.45, 2.75) is 25.4 Å². The molecular formula is C16H17ClN2O3. The lowest BCUT2D eigenvalue weighted by Crippen LogP contribution is -2.42. The minimum atomic E-state index is -0.406. The highest BCUT2D eigenvalue weighted by atomic mass is 35.5. The molecule has 0 bridgehead atoms. The zero-order valence-electron chi connectivity index (χ0n) is 12.5. The Labute approximate surface area is 134 Å². The molecule has 1 fully saturated rings. The van der Waals surface area contributed by atoms with Crippen LogP contribution in [0.5, 0.6) is 5.75 Å². The molecule has 2 atom stereocenters. The second-order valence-corrected chi connectivity index (χ2v) is 6.07. The summed E-state index contributed by atoms with van der Waals surface area (Å²) in [7, 11) is 1.77. The second-order valence-electron chi connectivity index (χ2n) is 5.66. The first-order chi connectivity index (χ1) is 10.5. The minimum absolute atomic E-state index is 0.0201. The number of amides is 2. The summed E-state index contributed by atoms with van der Waals surface area (Å²) in [5.41, 5.74) is 0. The summed E-state index contributed by atoms with van der Waals surface area (Å²) >= 11 is 6.05. The van der Waals surface area contributed by atoms with E-state index in [2.05, 4.69) is 0 Å². The third-order valence-corrected chi connectivity index (χ3v) is 4.52. The van der Waals surface area contributed by atoms with Gasteiger partial charge in [-0.05, 0) is 25.5 Å². The van der Waals surface area contributed by atoms with Gasteiger partial charge in [0.05, 0.1) is 11.6 Å². The molecule has 1 aromatic carbocycles. The first-order valence-corrected chi connectivity index (χ1v) is 7.55. The van der Waals surface area contributed by atoms with Crippen LogP contribution in [0.15, 0.2) is 36.1 Å². The molecule has 2 aliphatic rings. The van der Waals surface area contributed by atoms with Gasteiger partial charge in [0.2, 0.25) is 5.91 Å². The van der Waals surface area contributed by atoms with Crippen LogP contribution >= 0.6 is 11.6 Å². The molecule has 116 valence electrons. The first kappa shape index (κ1) is 14.9. The van der Waals surface area contributed by atoms with E-state index in [0.29, 0.717) is 29.5 Å². The smallest absolute Gasteiger partial charge is 0.251 e. The van der Waals surface area contributed by atoms with Crippen molar-refractivity contribution in [3.05, 3.63) is 41.1 Å². The number of carbonyl (C=O) groups excluding carboxylic acids is 2. The monoisotopic (exact) mass is 320 g/mol. The maximum atomic E-state index is 12.2. The Hall–Kier alpha value is -2.01. The van der Waals surface area contributed by atoms with Crippen molar-refractivity contribution in [2.75, 3.05) is 13.6 Å². The van der Waals surface area contributed by atoms with Gasteiger partial charge in [-0.1, -0.05) is 23.7 Å². The Morgan fingerprint density at radius 1 is 1.27 bits per heavy atom. The third kappa shape index (κ3) is 2.57. The number of carbonyl (C=O) groups is 2. The number of hydrogen-bond acceptors (Lipinski definition) is 3. The van der Waals surface area contributed by atoms with Crippen molar-refractivity contribution >= 4 is 23.4 Å². The fourth-order valence-corrected chi connectivity index (χ4v) is 2.98. The molecule has 5 nitrogen and oxygen atoms in total. The van der Waals surface area contributed by atoms with Crippen LogP contribution < -0.4 is 4.74 Å². The molecule has 2 heterocycles. The lowest BCUT2D eigenvalue weighted by molar-refractivity contribution is -0.137. The van der Waals surface area contributed by atoms with Gasteiger partial charge in [0.15, 0.2) is 0 Å². The SMILES string of the molecule is CC1C[C@H](N2CC(Oc3ccccc3Cl)=CC2=O)C(=O)N1C. The highest BCUT2D eigenvalue weighted by Crippen LogP contribution is 2.29. The van der Waals surface area contributed by atoms with Gasteiger partial charge in [0.25, 0.3) is 5.91 Å². The van der Waals surface area contributed by atoms with E-state index in [0.717, 1.165) is 0 Å². The number of likely N-dealkylation sites (tertiary alicyclic amines) is 1. The Morgan fingerprint density at radius 2 is 2.00 bits per heavy atom. The van der Waals surface area contributed by atoms with E-state index in [4.69, 9.17) is 16.3 Å². The molecular weight excluding hydrogens is 304 g/mol. The van der Waals surface area contributed by atoms with Crippen LogP contribution in [0, 0.1) is 0 Å². The van der Waals surface area contributed by atoms with Crippen LogP contribution in [0.3, 0.4) is 0 Å². The normalized spacial score (nSPS) is 25.0. The Morgan fingerprint density at radius 3 is 2.64 bits per heavy atom. The fraction of sp³-hybridized carbons (Fsp3) is 0.375. The van der Waals surface area contributed by atoms with Crippen LogP contribution in [0.25, 0.3) is 0 Å². The van der Waals surface area contributed by atoms with Gasteiger partial charge in [-0.3, -0.25) is 9.59 Å². The predicted octanol–water partition coefficient (Wildman–Crippen LogP) is 2.06. The van der Waals surface area contributed by atoms with E-state index in [1.165, 1.54) is 6.08 Å². The summed E-state index contributed by atoms with van der Waals surface area (Å²) in [6, 6.07) is 6.82. The molecule has 22 heavy (non-hydrogen) atoms. The molecule has 1 saturated heterocycles. The lowest BCUT2D eigenvalue weighted by atomic mass is 10.1. The van der Waals surface area contributed by atoms with Gasteiger partial charge in [-0.2, -0.15) is 0 Å². The van der Waals surface area contributed by atoms with Crippen molar-refractivity contribution in [2.24, 2.45) is 0 Å². The highest BCUT2D eigenvalue weighted by molar-refractivity contribution is 6.32. The van der Waals surface area contributed by atoms with Gasteiger partial charge >= 0.3 is 0 Å². The lowest BCUT2D eigenvalue weighted by Gasteiger charge is -2.22. The zero-order chi connectivity index (χ0) is 15.9. The molecule has 1 aromatic rings. The molecule has 0 aliphatic carbocycles. The Bertz CT molecular complexity index is 659. The second kappa shape index (κ2) is 5.65. The van der Waals surface area contributed by atoms with Crippen LogP contribution in [-0.4, -0.2) is 47.3 Å². The summed E-state index contributed by atoms with van der Waals surface area (Å²) in [5.74, 6) is 0.803. The Kier molecular flexibility index (Phi) is 3.83. The number of likely N-dealkylation sites (N-methyl/N-ethyl adjacent to an activating group) is 1. The van der Waals surface area contributed by atoms with E-state index < -0.39 is 6.04 Å². The molecule has 1 unspecified atom stereocenters. The van der Waals surface area contributed by atoms with Crippen LogP contribution in [0.2, 0.25) is 5.02 Å². The number of nitrogens with zero attached hydrogens (tertiary/aromatic N) is 2. The van der Waals surface area contributed by atoms with Crippen LogP contribution in [0.4, 0.5) is 0 Å². The van der Waals surface area contributed by atoms with Crippen LogP contribution in [0.1, 0.15) is 13.3 Å². The summed E-state index contributed by atoms with van der Waals surface area (Å²) in [4.78, 5) is 27.6. The molecule has 2 aliphatic heterocycles. The molecule has 0 N–H and O–H groups in total. The maximum Gasteiger partial charge on any atom is 0.251 e. The standard InChI is InChI=1S/C16H17ClN2O3/c1-10-7-13(16(21)18(10)2)19-9-11(8-15(19)20)22-14-6-4-3-5-12(14)17/h3-6,8,10,13H,7,9H2,1-2H3/t10?,13-/m0/s1. The fourth-order valence-electron chi connectivity index (χ4n) is 2.80. The Balaban J connectivity index is 1.72. The summed E-state index contributed by atoms with van der Waals surface area (Å²) in [5, 5.41) is 0.486. The zero-order valence-corrected chi connectivity index (χ0v) is 13.2. The molecule has 0 saturated carbocycles. The summed E-state index contributed by atoms with van der Waals surface area (Å²) < 4.78 is 5.70. The number of benzene rings is 1. The average molecular weight is 321 g/mol. The maximum absolute atomic E-state index is 12.2. The number of hydrogen-bond donors (Lipinski definition) is 0. The topological polar surface area (TPSA) is 49.9 Å². The number of halogens is 1. The number of para-hydroxylation sites is 1. The van der Waals surface area contributed by atoms with Crippen molar-refractivity contribution in [3.63, 3.8) is 0 Å². The van der Waals surface area contributed by atoms with Gasteiger partial charge in [0.1, 0.15) is 17.6 Å². The predicted molar refractivity (Wildman–Crippen MR) is 82.5 cm³/mol. The molecule has 3 rings (SSSR count). The molecule has 0 spiro atoms. The highest BCUT2D eigenvalue weighted by Gasteiger charge is 2.42. The summed E-state index contributed by atoms with van der Waals surface area (Å²) in [6.07, 6.45) is 2.08. The number of rotatable bonds is 3. The van der Waals surface area contributed by atoms with E-state index in [1.807, 2.05) is 19.1 Å². The van der Waals surface area contributed by atoms with E-state index >= 15 is 0 Å².